The number of nitrogens with zero attached hydrogens (tertiary/aromatic N) is 1. The number of rotatable bonds is 11. The molecule has 0 heterocycles. The molecule has 1 amide bonds. The number of Topliss-reactive ketones (excluding diaryl/α,β-unsaturated/α-hetero) is 2. The quantitative estimate of drug-likeness (QED) is 0.0467. The number of phenols is 1. The Morgan fingerprint density at radius 3 is 1.95 bits per heavy atom. The fourth-order valence-electron chi connectivity index (χ4n) is 2.61. The smallest absolute Gasteiger partial charge is 0.872 e. The Hall–Kier alpha value is -3.56. The summed E-state index contributed by atoms with van der Waals surface area (Å²) in [5.74, 6) is -5.23. The van der Waals surface area contributed by atoms with E-state index >= 15 is 0 Å². The predicted octanol–water partition coefficient (Wildman–Crippen LogP) is -1.60. The SMILES string of the molecule is O=C(CC(O)C(=O)O)c1cc([O-])ccc1N=C[O-].O=CNc1ccc(O)cc1C(=O)CC(O)C(=O)O.[Ca+2]. The zero-order chi connectivity index (χ0) is 27.4. The van der Waals surface area contributed by atoms with Gasteiger partial charge in [0.05, 0.1) is 11.4 Å². The van der Waals surface area contributed by atoms with E-state index in [0.29, 0.717) is 6.41 Å². The van der Waals surface area contributed by atoms with Crippen molar-refractivity contribution < 1.29 is 59.7 Å². The summed E-state index contributed by atoms with van der Waals surface area (Å²) < 4.78 is 0. The molecule has 0 bridgehead atoms. The average Bonchev–Trinajstić information content (AvgIpc) is 2.81. The number of aliphatic hydroxyl groups is 2. The average molecular weight is 544 g/mol. The van der Waals surface area contributed by atoms with Gasteiger partial charge in [-0.15, -0.1) is 5.75 Å². The molecule has 0 aromatic heterocycles. The van der Waals surface area contributed by atoms with E-state index in [9.17, 15) is 39.3 Å². The van der Waals surface area contributed by atoms with Gasteiger partial charge in [0.25, 0.3) is 0 Å². The maximum Gasteiger partial charge on any atom is 2.00 e. The van der Waals surface area contributed by atoms with E-state index in [-0.39, 0.29) is 72.4 Å². The van der Waals surface area contributed by atoms with Gasteiger partial charge in [-0.2, -0.15) is 0 Å². The van der Waals surface area contributed by atoms with Gasteiger partial charge in [-0.25, -0.2) is 9.59 Å². The number of aromatic hydroxyl groups is 1. The van der Waals surface area contributed by atoms with Gasteiger partial charge in [0.2, 0.25) is 6.41 Å². The van der Waals surface area contributed by atoms with Crippen molar-refractivity contribution in [2.24, 2.45) is 4.99 Å². The number of hydrogen-bond acceptors (Lipinski definition) is 11. The molecule has 2 atom stereocenters. The summed E-state index contributed by atoms with van der Waals surface area (Å²) >= 11 is 0. The van der Waals surface area contributed by atoms with Crippen molar-refractivity contribution in [2.75, 3.05) is 5.32 Å². The van der Waals surface area contributed by atoms with E-state index in [1.165, 1.54) is 18.2 Å². The molecule has 0 aliphatic carbocycles. The molecule has 37 heavy (non-hydrogen) atoms. The molecule has 0 aliphatic rings. The predicted molar refractivity (Wildman–Crippen MR) is 123 cm³/mol. The summed E-state index contributed by atoms with van der Waals surface area (Å²) in [5, 5.41) is 67.9. The zero-order valence-electron chi connectivity index (χ0n) is 18.9. The van der Waals surface area contributed by atoms with Gasteiger partial charge < -0.3 is 41.1 Å². The van der Waals surface area contributed by atoms with Crippen molar-refractivity contribution in [2.45, 2.75) is 25.0 Å². The third-order valence-electron chi connectivity index (χ3n) is 4.31. The van der Waals surface area contributed by atoms with Crippen molar-refractivity contribution >= 4 is 85.4 Å². The maximum absolute atomic E-state index is 11.7. The Bertz CT molecular complexity index is 1170. The molecular weight excluding hydrogens is 524 g/mol. The van der Waals surface area contributed by atoms with Gasteiger partial charge in [-0.1, -0.05) is 18.5 Å². The minimum atomic E-state index is -1.86. The summed E-state index contributed by atoms with van der Waals surface area (Å²) in [6.45, 7) is 0. The van der Waals surface area contributed by atoms with Crippen LogP contribution in [0.5, 0.6) is 11.5 Å². The van der Waals surface area contributed by atoms with Crippen molar-refractivity contribution in [1.82, 2.24) is 0 Å². The fraction of sp³-hybridized carbons (Fsp3) is 0.182. The third-order valence-corrected chi connectivity index (χ3v) is 4.31. The molecule has 2 rings (SSSR count). The van der Waals surface area contributed by atoms with Crippen LogP contribution in [0.1, 0.15) is 33.6 Å². The van der Waals surface area contributed by atoms with E-state index in [0.717, 1.165) is 18.2 Å². The van der Waals surface area contributed by atoms with Crippen LogP contribution in [0.25, 0.3) is 0 Å². The molecule has 15 heteroatoms. The van der Waals surface area contributed by atoms with Gasteiger partial charge >= 0.3 is 49.7 Å². The summed E-state index contributed by atoms with van der Waals surface area (Å²) in [5.41, 5.74) is -0.158. The number of carbonyl (C=O) groups is 5. The molecule has 6 N–H and O–H groups in total. The number of ketones is 2. The number of carboxylic acids is 2. The molecule has 0 radical (unpaired) electrons. The monoisotopic (exact) mass is 544 g/mol. The number of aliphatic imine (C=N–C) groups is 1. The van der Waals surface area contributed by atoms with E-state index in [1.807, 2.05) is 0 Å². The number of carbonyl (C=O) groups excluding carboxylic acids is 3. The number of aliphatic carboxylic acids is 2. The van der Waals surface area contributed by atoms with Crippen LogP contribution in [0.15, 0.2) is 41.4 Å². The normalized spacial score (nSPS) is 11.7. The van der Waals surface area contributed by atoms with E-state index < -0.39 is 54.3 Å². The second kappa shape index (κ2) is 16.2. The molecular formula is C22H20CaN2O12. The van der Waals surface area contributed by atoms with Gasteiger partial charge in [-0.3, -0.25) is 19.4 Å². The molecule has 0 saturated heterocycles. The first kappa shape index (κ1) is 33.4. The number of phenolic OH excluding ortho intramolecular Hbond substituents is 1. The molecule has 2 unspecified atom stereocenters. The topological polar surface area (TPSA) is 257 Å². The molecule has 2 aromatic rings. The number of hydrogen-bond donors (Lipinski definition) is 6. The van der Waals surface area contributed by atoms with Crippen LogP contribution in [-0.2, 0) is 14.4 Å². The summed E-state index contributed by atoms with van der Waals surface area (Å²) in [4.78, 5) is 57.9. The second-order valence-electron chi connectivity index (χ2n) is 6.87. The Labute approximate surface area is 238 Å². The van der Waals surface area contributed by atoms with Gasteiger partial charge in [0, 0.05) is 24.0 Å². The number of anilines is 1. The van der Waals surface area contributed by atoms with Gasteiger partial charge in [0.1, 0.15) is 5.75 Å². The Kier molecular flexibility index (Phi) is 14.7. The third kappa shape index (κ3) is 10.9. The first-order chi connectivity index (χ1) is 16.9. The van der Waals surface area contributed by atoms with Crippen LogP contribution in [0.3, 0.4) is 0 Å². The summed E-state index contributed by atoms with van der Waals surface area (Å²) in [6, 6.07) is 6.88. The van der Waals surface area contributed by atoms with Crippen LogP contribution in [0.2, 0.25) is 0 Å². The number of benzene rings is 2. The summed E-state index contributed by atoms with van der Waals surface area (Å²) in [6.07, 6.45) is -4.49. The first-order valence-electron chi connectivity index (χ1n) is 9.78. The van der Waals surface area contributed by atoms with Crippen LogP contribution in [0, 0.1) is 0 Å². The molecule has 0 spiro atoms. The Balaban J connectivity index is 0.000000682. The van der Waals surface area contributed by atoms with Gasteiger partial charge in [0.15, 0.2) is 23.8 Å². The molecule has 0 fully saturated rings. The number of aliphatic hydroxyl groups excluding tert-OH is 2. The number of amides is 1. The van der Waals surface area contributed by atoms with Crippen LogP contribution in [-0.4, -0.2) is 112 Å². The molecule has 0 aliphatic heterocycles. The minimum absolute atomic E-state index is 0. The Morgan fingerprint density at radius 2 is 1.46 bits per heavy atom. The first-order valence-corrected chi connectivity index (χ1v) is 9.78. The Morgan fingerprint density at radius 1 is 0.919 bits per heavy atom. The zero-order valence-corrected chi connectivity index (χ0v) is 21.1. The summed E-state index contributed by atoms with van der Waals surface area (Å²) in [7, 11) is 0. The van der Waals surface area contributed by atoms with Crippen molar-refractivity contribution in [3.63, 3.8) is 0 Å². The molecule has 2 aromatic carbocycles. The van der Waals surface area contributed by atoms with Crippen LogP contribution >= 0.6 is 0 Å². The van der Waals surface area contributed by atoms with Crippen molar-refractivity contribution in [3.05, 3.63) is 47.5 Å². The molecule has 192 valence electrons. The molecule has 14 nitrogen and oxygen atoms in total. The van der Waals surface area contributed by atoms with Crippen molar-refractivity contribution in [3.8, 4) is 11.5 Å². The fourth-order valence-corrected chi connectivity index (χ4v) is 2.61. The standard InChI is InChI=1S/2C11H11NO6.Ca/c2*13-5-12-8-2-1-6(14)3-7(8)9(15)4-10(16)11(17)18;/h2*1-3,5,10,14,16H,4H2,(H,12,13)(H,17,18);/q;;+2/p-2. The maximum atomic E-state index is 11.7. The molecule has 0 saturated carbocycles. The number of nitrogens with one attached hydrogen (secondary N) is 1. The van der Waals surface area contributed by atoms with E-state index in [2.05, 4.69) is 10.3 Å². The minimum Gasteiger partial charge on any atom is -0.872 e. The van der Waals surface area contributed by atoms with Crippen molar-refractivity contribution in [1.29, 1.82) is 0 Å². The largest absolute Gasteiger partial charge is 2.00 e. The van der Waals surface area contributed by atoms with E-state index in [1.54, 1.807) is 0 Å². The second-order valence-corrected chi connectivity index (χ2v) is 6.87. The van der Waals surface area contributed by atoms with Crippen LogP contribution in [0.4, 0.5) is 11.4 Å². The van der Waals surface area contributed by atoms with E-state index in [4.69, 9.17) is 20.4 Å². The van der Waals surface area contributed by atoms with Crippen LogP contribution < -0.4 is 15.5 Å². The van der Waals surface area contributed by atoms with Gasteiger partial charge in [-0.05, 0) is 24.3 Å². The number of carboxylic acid groups (broad SMARTS) is 2.